The molecule has 7 nitrogen and oxygen atoms in total. The topological polar surface area (TPSA) is 105 Å². The SMILES string of the molecule is O=c1ccn(C2O[C@H](/C=C/C#CI)[C@@H](O)[C@H]2O)c(=O)[nH]1. The Labute approximate surface area is 127 Å². The molecule has 2 heterocycles. The lowest BCUT2D eigenvalue weighted by Crippen LogP contribution is -2.37. The maximum absolute atomic E-state index is 11.6. The average Bonchev–Trinajstić information content (AvgIpc) is 2.68. The summed E-state index contributed by atoms with van der Waals surface area (Å²) in [6.45, 7) is 0. The summed E-state index contributed by atoms with van der Waals surface area (Å²) in [6, 6.07) is 1.13. The first-order valence-electron chi connectivity index (χ1n) is 5.65. The van der Waals surface area contributed by atoms with E-state index in [4.69, 9.17) is 4.74 Å². The van der Waals surface area contributed by atoms with Crippen LogP contribution in [-0.4, -0.2) is 38.1 Å². The van der Waals surface area contributed by atoms with Crippen LogP contribution < -0.4 is 11.2 Å². The molecule has 106 valence electrons. The molecule has 0 aliphatic carbocycles. The van der Waals surface area contributed by atoms with Gasteiger partial charge in [0.25, 0.3) is 5.56 Å². The lowest BCUT2D eigenvalue weighted by atomic mass is 10.1. The number of hydrogen-bond donors (Lipinski definition) is 3. The number of ether oxygens (including phenoxy) is 1. The number of rotatable bonds is 2. The fourth-order valence-corrected chi connectivity index (χ4v) is 2.06. The molecule has 0 spiro atoms. The van der Waals surface area contributed by atoms with Crippen molar-refractivity contribution in [2.24, 2.45) is 0 Å². The molecule has 1 aliphatic rings. The second-order valence-electron chi connectivity index (χ2n) is 4.09. The van der Waals surface area contributed by atoms with Crippen LogP contribution in [0.15, 0.2) is 34.0 Å². The van der Waals surface area contributed by atoms with Gasteiger partial charge in [-0.1, -0.05) is 5.92 Å². The number of allylic oxidation sites excluding steroid dienone is 1. The number of nitrogens with zero attached hydrogens (tertiary/aromatic N) is 1. The molecule has 1 aliphatic heterocycles. The van der Waals surface area contributed by atoms with Gasteiger partial charge in [0.2, 0.25) is 0 Å². The van der Waals surface area contributed by atoms with Crippen molar-refractivity contribution in [1.82, 2.24) is 9.55 Å². The van der Waals surface area contributed by atoms with Crippen LogP contribution in [0, 0.1) is 9.85 Å². The standard InChI is InChI=1S/C12H11IN2O5/c13-5-2-1-3-7-9(17)10(18)11(20-7)15-6-4-8(16)14-12(15)19/h1,3-4,6-7,9-11,17-18H,(H,14,16,19)/b3-1+/t7-,9-,10-,11?/m1/s1. The highest BCUT2D eigenvalue weighted by molar-refractivity contribution is 14.1. The Balaban J connectivity index is 2.27. The summed E-state index contributed by atoms with van der Waals surface area (Å²) in [7, 11) is 0. The van der Waals surface area contributed by atoms with E-state index in [0.29, 0.717) is 0 Å². The maximum Gasteiger partial charge on any atom is 0.330 e. The van der Waals surface area contributed by atoms with Crippen molar-refractivity contribution in [2.45, 2.75) is 24.5 Å². The molecule has 20 heavy (non-hydrogen) atoms. The van der Waals surface area contributed by atoms with Crippen LogP contribution in [0.4, 0.5) is 0 Å². The molecule has 8 heteroatoms. The molecule has 0 radical (unpaired) electrons. The molecule has 0 amide bonds. The first-order valence-corrected chi connectivity index (χ1v) is 6.73. The summed E-state index contributed by atoms with van der Waals surface area (Å²) in [4.78, 5) is 24.7. The summed E-state index contributed by atoms with van der Waals surface area (Å²) >= 11 is 1.86. The summed E-state index contributed by atoms with van der Waals surface area (Å²) < 4.78 is 9.06. The summed E-state index contributed by atoms with van der Waals surface area (Å²) in [5.74, 6) is 2.65. The van der Waals surface area contributed by atoms with E-state index >= 15 is 0 Å². The smallest absolute Gasteiger partial charge is 0.330 e. The molecule has 1 aromatic heterocycles. The van der Waals surface area contributed by atoms with Gasteiger partial charge in [-0.25, -0.2) is 4.79 Å². The molecule has 4 atom stereocenters. The summed E-state index contributed by atoms with van der Waals surface area (Å²) in [5, 5.41) is 19.8. The molecule has 3 N–H and O–H groups in total. The van der Waals surface area contributed by atoms with Gasteiger partial charge in [0, 0.05) is 34.9 Å². The van der Waals surface area contributed by atoms with E-state index in [0.717, 1.165) is 10.6 Å². The van der Waals surface area contributed by atoms with Crippen LogP contribution in [0.3, 0.4) is 0 Å². The van der Waals surface area contributed by atoms with Crippen molar-refractivity contribution in [3.05, 3.63) is 45.3 Å². The minimum atomic E-state index is -1.29. The number of nitrogens with one attached hydrogen (secondary N) is 1. The van der Waals surface area contributed by atoms with E-state index in [2.05, 4.69) is 14.8 Å². The molecule has 1 fully saturated rings. The predicted molar refractivity (Wildman–Crippen MR) is 78.2 cm³/mol. The van der Waals surface area contributed by atoms with Crippen LogP contribution in [0.25, 0.3) is 0 Å². The van der Waals surface area contributed by atoms with Gasteiger partial charge in [-0.3, -0.25) is 14.3 Å². The van der Waals surface area contributed by atoms with E-state index in [1.165, 1.54) is 18.3 Å². The number of H-pyrrole nitrogens is 1. The zero-order valence-electron chi connectivity index (χ0n) is 10.1. The Morgan fingerprint density at radius 2 is 2.15 bits per heavy atom. The van der Waals surface area contributed by atoms with Crippen molar-refractivity contribution < 1.29 is 14.9 Å². The minimum absolute atomic E-state index is 0.548. The fraction of sp³-hybridized carbons (Fsp3) is 0.333. The highest BCUT2D eigenvalue weighted by Gasteiger charge is 2.42. The lowest BCUT2D eigenvalue weighted by molar-refractivity contribution is -0.0297. The van der Waals surface area contributed by atoms with Crippen LogP contribution in [-0.2, 0) is 4.74 Å². The monoisotopic (exact) mass is 390 g/mol. The number of aromatic amines is 1. The Kier molecular flexibility index (Phi) is 4.77. The Morgan fingerprint density at radius 3 is 2.80 bits per heavy atom. The zero-order valence-corrected chi connectivity index (χ0v) is 12.2. The van der Waals surface area contributed by atoms with Crippen LogP contribution in [0.1, 0.15) is 6.23 Å². The molecule has 0 aromatic carbocycles. The third-order valence-electron chi connectivity index (χ3n) is 2.82. The van der Waals surface area contributed by atoms with Crippen molar-refractivity contribution in [3.8, 4) is 9.85 Å². The van der Waals surface area contributed by atoms with Gasteiger partial charge in [-0.05, 0) is 16.1 Å². The van der Waals surface area contributed by atoms with E-state index < -0.39 is 35.8 Å². The van der Waals surface area contributed by atoms with Crippen molar-refractivity contribution in [1.29, 1.82) is 0 Å². The van der Waals surface area contributed by atoms with Crippen LogP contribution in [0.5, 0.6) is 0 Å². The summed E-state index contributed by atoms with van der Waals surface area (Å²) in [6.07, 6.45) is -0.144. The third-order valence-corrected chi connectivity index (χ3v) is 3.14. The van der Waals surface area contributed by atoms with Gasteiger partial charge in [0.05, 0.1) is 0 Å². The second-order valence-corrected chi connectivity index (χ2v) is 4.63. The highest BCUT2D eigenvalue weighted by atomic mass is 127. The molecule has 1 saturated heterocycles. The predicted octanol–water partition coefficient (Wildman–Crippen LogP) is -0.892. The Bertz CT molecular complexity index is 683. The molecule has 1 aromatic rings. The Hall–Kier alpha value is -1.41. The van der Waals surface area contributed by atoms with E-state index in [-0.39, 0.29) is 0 Å². The molecule has 1 unspecified atom stereocenters. The highest BCUT2D eigenvalue weighted by Crippen LogP contribution is 2.28. The van der Waals surface area contributed by atoms with Gasteiger partial charge in [-0.15, -0.1) is 0 Å². The maximum atomic E-state index is 11.6. The molecular weight excluding hydrogens is 379 g/mol. The quantitative estimate of drug-likeness (QED) is 0.449. The minimum Gasteiger partial charge on any atom is -0.387 e. The number of aliphatic hydroxyl groups excluding tert-OH is 2. The van der Waals surface area contributed by atoms with Crippen molar-refractivity contribution in [3.63, 3.8) is 0 Å². The van der Waals surface area contributed by atoms with E-state index in [1.807, 2.05) is 22.6 Å². The first kappa shape index (κ1) is 15.0. The summed E-state index contributed by atoms with van der Waals surface area (Å²) in [5.41, 5.74) is -1.27. The second kappa shape index (κ2) is 6.36. The van der Waals surface area contributed by atoms with Gasteiger partial charge < -0.3 is 14.9 Å². The largest absolute Gasteiger partial charge is 0.387 e. The van der Waals surface area contributed by atoms with Crippen molar-refractivity contribution >= 4 is 22.6 Å². The van der Waals surface area contributed by atoms with Gasteiger partial charge >= 0.3 is 5.69 Å². The number of halogens is 1. The van der Waals surface area contributed by atoms with E-state index in [9.17, 15) is 19.8 Å². The molecular formula is C12H11IN2O5. The van der Waals surface area contributed by atoms with Gasteiger partial charge in [0.15, 0.2) is 6.23 Å². The van der Waals surface area contributed by atoms with Gasteiger partial charge in [0.1, 0.15) is 18.3 Å². The number of aliphatic hydroxyl groups is 2. The van der Waals surface area contributed by atoms with Gasteiger partial charge in [-0.2, -0.15) is 0 Å². The fourth-order valence-electron chi connectivity index (χ4n) is 1.88. The lowest BCUT2D eigenvalue weighted by Gasteiger charge is -2.16. The molecule has 0 bridgehead atoms. The first-order chi connectivity index (χ1) is 9.54. The van der Waals surface area contributed by atoms with E-state index in [1.54, 1.807) is 0 Å². The normalized spacial score (nSPS) is 29.4. The third kappa shape index (κ3) is 3.01. The van der Waals surface area contributed by atoms with Crippen LogP contribution in [0.2, 0.25) is 0 Å². The average molecular weight is 390 g/mol. The molecule has 2 rings (SSSR count). The number of aromatic nitrogens is 2. The zero-order chi connectivity index (χ0) is 14.7. The van der Waals surface area contributed by atoms with Crippen molar-refractivity contribution in [2.75, 3.05) is 0 Å². The van der Waals surface area contributed by atoms with Crippen LogP contribution >= 0.6 is 22.6 Å². The number of hydrogen-bond acceptors (Lipinski definition) is 5. The molecule has 0 saturated carbocycles. The Morgan fingerprint density at radius 1 is 1.40 bits per heavy atom.